The fourth-order valence-electron chi connectivity index (χ4n) is 6.69. The zero-order valence-corrected chi connectivity index (χ0v) is 17.5. The highest BCUT2D eigenvalue weighted by molar-refractivity contribution is 8.00. The number of hydrogen-bond acceptors (Lipinski definition) is 7. The molecule has 6 aliphatic rings. The molecular weight excluding hydrogens is 394 g/mol. The van der Waals surface area contributed by atoms with Crippen molar-refractivity contribution < 1.29 is 23.9 Å². The Labute approximate surface area is 174 Å². The molecule has 9 heteroatoms. The van der Waals surface area contributed by atoms with Crippen molar-refractivity contribution in [3.63, 3.8) is 0 Å². The Balaban J connectivity index is 1.33. The summed E-state index contributed by atoms with van der Waals surface area (Å²) < 4.78 is 4.83. The van der Waals surface area contributed by atoms with E-state index in [1.54, 1.807) is 0 Å². The van der Waals surface area contributed by atoms with Crippen LogP contribution in [0.15, 0.2) is 0 Å². The summed E-state index contributed by atoms with van der Waals surface area (Å²) >= 11 is 1.52. The van der Waals surface area contributed by atoms with Crippen molar-refractivity contribution in [3.8, 4) is 0 Å². The predicted octanol–water partition coefficient (Wildman–Crippen LogP) is 1.29. The quantitative estimate of drug-likeness (QED) is 0.384. The van der Waals surface area contributed by atoms with E-state index in [2.05, 4.69) is 0 Å². The SMILES string of the molecule is COC(=O)[C@H]1CN(CN2C(=O)C(=O)N(C34CC5CC(CC(C5)C3)C4)C2=O)CCS1. The first kappa shape index (κ1) is 19.4. The van der Waals surface area contributed by atoms with Gasteiger partial charge in [-0.1, -0.05) is 0 Å². The molecule has 8 nitrogen and oxygen atoms in total. The van der Waals surface area contributed by atoms with Crippen LogP contribution in [0.25, 0.3) is 0 Å². The normalized spacial score (nSPS) is 39.6. The minimum Gasteiger partial charge on any atom is -0.468 e. The molecule has 158 valence electrons. The Bertz CT molecular complexity index is 736. The molecule has 2 heterocycles. The number of nitrogens with zero attached hydrogens (tertiary/aromatic N) is 3. The lowest BCUT2D eigenvalue weighted by molar-refractivity contribution is -0.150. The fourth-order valence-corrected chi connectivity index (χ4v) is 7.89. The maximum Gasteiger partial charge on any atom is 0.335 e. The van der Waals surface area contributed by atoms with Gasteiger partial charge in [0.05, 0.1) is 19.3 Å². The molecule has 0 unspecified atom stereocenters. The molecular formula is C20H27N3O5S. The van der Waals surface area contributed by atoms with Crippen LogP contribution < -0.4 is 0 Å². The summed E-state index contributed by atoms with van der Waals surface area (Å²) in [6, 6.07) is -0.463. The summed E-state index contributed by atoms with van der Waals surface area (Å²) in [6.45, 7) is 1.11. The second kappa shape index (κ2) is 6.97. The van der Waals surface area contributed by atoms with Gasteiger partial charge < -0.3 is 4.74 Å². The van der Waals surface area contributed by atoms with E-state index in [-0.39, 0.29) is 17.9 Å². The summed E-state index contributed by atoms with van der Waals surface area (Å²) in [5.74, 6) is 0.752. The number of esters is 1. The third kappa shape index (κ3) is 3.08. The van der Waals surface area contributed by atoms with Crippen molar-refractivity contribution in [2.75, 3.05) is 32.6 Å². The van der Waals surface area contributed by atoms with E-state index in [0.717, 1.165) is 24.2 Å². The maximum absolute atomic E-state index is 13.3. The lowest BCUT2D eigenvalue weighted by atomic mass is 9.52. The lowest BCUT2D eigenvalue weighted by Gasteiger charge is -2.58. The van der Waals surface area contributed by atoms with E-state index in [9.17, 15) is 19.2 Å². The van der Waals surface area contributed by atoms with Gasteiger partial charge in [0.25, 0.3) is 0 Å². The molecule has 4 saturated carbocycles. The summed E-state index contributed by atoms with van der Waals surface area (Å²) in [5, 5.41) is -0.337. The van der Waals surface area contributed by atoms with Crippen molar-refractivity contribution >= 4 is 35.6 Å². The highest BCUT2D eigenvalue weighted by atomic mass is 32.2. The number of amides is 4. The highest BCUT2D eigenvalue weighted by Gasteiger charge is 2.61. The third-order valence-electron chi connectivity index (χ3n) is 7.49. The predicted molar refractivity (Wildman–Crippen MR) is 105 cm³/mol. The van der Waals surface area contributed by atoms with Crippen molar-refractivity contribution in [1.82, 2.24) is 14.7 Å². The van der Waals surface area contributed by atoms with Gasteiger partial charge in [-0.2, -0.15) is 0 Å². The molecule has 4 amide bonds. The number of ether oxygens (including phenoxy) is 1. The number of methoxy groups -OCH3 is 1. The number of carbonyl (C=O) groups excluding carboxylic acids is 4. The molecule has 0 spiro atoms. The van der Waals surface area contributed by atoms with Crippen LogP contribution in [0, 0.1) is 17.8 Å². The molecule has 29 heavy (non-hydrogen) atoms. The van der Waals surface area contributed by atoms with Gasteiger partial charge in [-0.3, -0.25) is 19.3 Å². The molecule has 1 atom stereocenters. The Kier molecular flexibility index (Phi) is 4.66. The van der Waals surface area contributed by atoms with Gasteiger partial charge >= 0.3 is 23.8 Å². The summed E-state index contributed by atoms with van der Waals surface area (Å²) in [7, 11) is 1.36. The van der Waals surface area contributed by atoms with Gasteiger partial charge in [0.2, 0.25) is 0 Å². The zero-order chi connectivity index (χ0) is 20.3. The summed E-state index contributed by atoms with van der Waals surface area (Å²) in [5.41, 5.74) is -0.459. The topological polar surface area (TPSA) is 87.2 Å². The van der Waals surface area contributed by atoms with Crippen LogP contribution in [0.1, 0.15) is 38.5 Å². The molecule has 4 aliphatic carbocycles. The molecule has 0 N–H and O–H groups in total. The number of imide groups is 2. The number of hydrogen-bond donors (Lipinski definition) is 0. The molecule has 6 fully saturated rings. The monoisotopic (exact) mass is 421 g/mol. The van der Waals surface area contributed by atoms with Crippen LogP contribution in [0.5, 0.6) is 0 Å². The first-order valence-corrected chi connectivity index (χ1v) is 11.6. The average molecular weight is 422 g/mol. The third-order valence-corrected chi connectivity index (χ3v) is 8.65. The van der Waals surface area contributed by atoms with Crippen LogP contribution in [0.3, 0.4) is 0 Å². The van der Waals surface area contributed by atoms with Crippen LogP contribution in [0.4, 0.5) is 4.79 Å². The first-order chi connectivity index (χ1) is 13.9. The van der Waals surface area contributed by atoms with Gasteiger partial charge in [0, 0.05) is 18.8 Å². The van der Waals surface area contributed by atoms with E-state index < -0.39 is 23.4 Å². The Hall–Kier alpha value is -1.61. The van der Waals surface area contributed by atoms with E-state index >= 15 is 0 Å². The zero-order valence-electron chi connectivity index (χ0n) is 16.7. The Morgan fingerprint density at radius 1 is 1.07 bits per heavy atom. The van der Waals surface area contributed by atoms with E-state index in [0.29, 0.717) is 36.6 Å². The molecule has 0 aromatic heterocycles. The van der Waals surface area contributed by atoms with E-state index in [1.807, 2.05) is 4.90 Å². The van der Waals surface area contributed by atoms with Crippen LogP contribution in [-0.4, -0.2) is 81.9 Å². The number of urea groups is 1. The lowest BCUT2D eigenvalue weighted by Crippen LogP contribution is -2.62. The summed E-state index contributed by atoms with van der Waals surface area (Å²) in [6.07, 6.45) is 6.15. The second-order valence-corrected chi connectivity index (χ2v) is 10.7. The highest BCUT2D eigenvalue weighted by Crippen LogP contribution is 2.58. The van der Waals surface area contributed by atoms with Gasteiger partial charge in [0.15, 0.2) is 0 Å². The standard InChI is InChI=1S/C20H27N3O5S/c1-28-18(26)15-10-21(2-3-29-15)11-22-16(24)17(25)23(19(22)27)20-7-12-4-13(8-20)6-14(5-12)9-20/h12-15H,2-11H2,1H3/t12?,13?,14?,15-,20?/m1/s1. The largest absolute Gasteiger partial charge is 0.468 e. The number of rotatable bonds is 4. The Morgan fingerprint density at radius 3 is 2.28 bits per heavy atom. The fraction of sp³-hybridized carbons (Fsp3) is 0.800. The van der Waals surface area contributed by atoms with Crippen molar-refractivity contribution in [2.24, 2.45) is 17.8 Å². The van der Waals surface area contributed by atoms with E-state index in [4.69, 9.17) is 4.74 Å². The molecule has 0 aromatic carbocycles. The molecule has 2 saturated heterocycles. The van der Waals surface area contributed by atoms with Gasteiger partial charge in [0.1, 0.15) is 5.25 Å². The summed E-state index contributed by atoms with van der Waals surface area (Å²) in [4.78, 5) is 55.1. The minimum absolute atomic E-state index is 0.0559. The average Bonchev–Trinajstić information content (AvgIpc) is 2.90. The Morgan fingerprint density at radius 2 is 1.69 bits per heavy atom. The van der Waals surface area contributed by atoms with Crippen molar-refractivity contribution in [3.05, 3.63) is 0 Å². The van der Waals surface area contributed by atoms with E-state index in [1.165, 1.54) is 43.0 Å². The van der Waals surface area contributed by atoms with Gasteiger partial charge in [-0.05, 0) is 56.3 Å². The van der Waals surface area contributed by atoms with Crippen LogP contribution >= 0.6 is 11.8 Å². The molecule has 4 bridgehead atoms. The first-order valence-electron chi connectivity index (χ1n) is 10.5. The minimum atomic E-state index is -0.724. The van der Waals surface area contributed by atoms with Gasteiger partial charge in [-0.15, -0.1) is 11.8 Å². The maximum atomic E-state index is 13.3. The molecule has 0 aromatic rings. The smallest absolute Gasteiger partial charge is 0.335 e. The van der Waals surface area contributed by atoms with Crippen molar-refractivity contribution in [1.29, 1.82) is 0 Å². The van der Waals surface area contributed by atoms with Gasteiger partial charge in [-0.25, -0.2) is 14.6 Å². The molecule has 0 radical (unpaired) electrons. The second-order valence-electron chi connectivity index (χ2n) is 9.40. The van der Waals surface area contributed by atoms with Crippen LogP contribution in [-0.2, 0) is 19.1 Å². The number of carbonyl (C=O) groups is 4. The van der Waals surface area contributed by atoms with Crippen LogP contribution in [0.2, 0.25) is 0 Å². The van der Waals surface area contributed by atoms with Crippen molar-refractivity contribution in [2.45, 2.75) is 49.3 Å². The number of thioether (sulfide) groups is 1. The molecule has 6 rings (SSSR count). The molecule has 2 aliphatic heterocycles.